The van der Waals surface area contributed by atoms with Gasteiger partial charge in [0.1, 0.15) is 0 Å². The summed E-state index contributed by atoms with van der Waals surface area (Å²) in [6, 6.07) is 8.52. The maximum absolute atomic E-state index is 11.8. The molecule has 0 heterocycles. The van der Waals surface area contributed by atoms with Crippen molar-refractivity contribution in [1.29, 1.82) is 0 Å². The van der Waals surface area contributed by atoms with E-state index in [1.807, 2.05) is 19.9 Å². The third-order valence-corrected chi connectivity index (χ3v) is 3.47. The van der Waals surface area contributed by atoms with Crippen LogP contribution in [0.25, 0.3) is 0 Å². The molecule has 0 saturated carbocycles. The number of rotatable bonds is 6. The van der Waals surface area contributed by atoms with Crippen LogP contribution < -0.4 is 10.6 Å². The van der Waals surface area contributed by atoms with Crippen molar-refractivity contribution in [2.24, 2.45) is 0 Å². The molecule has 2 N–H and O–H groups in total. The van der Waals surface area contributed by atoms with Gasteiger partial charge in [-0.2, -0.15) is 0 Å². The summed E-state index contributed by atoms with van der Waals surface area (Å²) >= 11 is 0. The van der Waals surface area contributed by atoms with Gasteiger partial charge >= 0.3 is 0 Å². The lowest BCUT2D eigenvalue weighted by molar-refractivity contribution is -0.122. The highest BCUT2D eigenvalue weighted by atomic mass is 16.2. The van der Waals surface area contributed by atoms with Gasteiger partial charge in [-0.3, -0.25) is 4.79 Å². The highest BCUT2D eigenvalue weighted by Crippen LogP contribution is 2.13. The van der Waals surface area contributed by atoms with E-state index in [-0.39, 0.29) is 17.5 Å². The van der Waals surface area contributed by atoms with E-state index in [4.69, 9.17) is 0 Å². The summed E-state index contributed by atoms with van der Waals surface area (Å²) in [5.41, 5.74) is 2.32. The smallest absolute Gasteiger partial charge is 0.234 e. The van der Waals surface area contributed by atoms with E-state index in [0.717, 1.165) is 6.42 Å². The van der Waals surface area contributed by atoms with Gasteiger partial charge < -0.3 is 10.6 Å². The molecule has 1 rings (SSSR count). The number of hydrogen-bond donors (Lipinski definition) is 2. The first-order chi connectivity index (χ1) is 8.84. The van der Waals surface area contributed by atoms with E-state index in [0.29, 0.717) is 6.54 Å². The molecule has 0 unspecified atom stereocenters. The van der Waals surface area contributed by atoms with Crippen LogP contribution >= 0.6 is 0 Å². The molecule has 1 aromatic rings. The summed E-state index contributed by atoms with van der Waals surface area (Å²) in [5, 5.41) is 6.28. The SMILES string of the molecule is CCC(C)(C)NC(=O)CN[C@H](C)c1cccc(C)c1. The van der Waals surface area contributed by atoms with Gasteiger partial charge in [-0.15, -0.1) is 0 Å². The van der Waals surface area contributed by atoms with Crippen molar-refractivity contribution in [2.45, 2.75) is 52.6 Å². The molecule has 0 saturated heterocycles. The number of aryl methyl sites for hydroxylation is 1. The number of benzene rings is 1. The first kappa shape index (κ1) is 15.7. The summed E-state index contributed by atoms with van der Waals surface area (Å²) in [7, 11) is 0. The van der Waals surface area contributed by atoms with Crippen LogP contribution in [0.5, 0.6) is 0 Å². The van der Waals surface area contributed by atoms with Gasteiger partial charge in [0, 0.05) is 11.6 Å². The van der Waals surface area contributed by atoms with Crippen molar-refractivity contribution in [2.75, 3.05) is 6.54 Å². The number of carbonyl (C=O) groups excluding carboxylic acids is 1. The maximum Gasteiger partial charge on any atom is 0.234 e. The van der Waals surface area contributed by atoms with Gasteiger partial charge in [0.2, 0.25) is 5.91 Å². The summed E-state index contributed by atoms with van der Waals surface area (Å²) in [5.74, 6) is 0.0475. The lowest BCUT2D eigenvalue weighted by Gasteiger charge is -2.25. The van der Waals surface area contributed by atoms with Gasteiger partial charge in [0.25, 0.3) is 0 Å². The molecule has 0 radical (unpaired) electrons. The third kappa shape index (κ3) is 5.43. The Bertz CT molecular complexity index is 427. The largest absolute Gasteiger partial charge is 0.350 e. The van der Waals surface area contributed by atoms with Crippen molar-refractivity contribution < 1.29 is 4.79 Å². The Morgan fingerprint density at radius 1 is 1.37 bits per heavy atom. The number of nitrogens with one attached hydrogen (secondary N) is 2. The first-order valence-electron chi connectivity index (χ1n) is 6.95. The third-order valence-electron chi connectivity index (χ3n) is 3.47. The Kier molecular flexibility index (Phi) is 5.55. The molecule has 1 atom stereocenters. The molecule has 3 heteroatoms. The van der Waals surface area contributed by atoms with E-state index >= 15 is 0 Å². The topological polar surface area (TPSA) is 41.1 Å². The van der Waals surface area contributed by atoms with E-state index in [9.17, 15) is 4.79 Å². The molecule has 0 aliphatic rings. The van der Waals surface area contributed by atoms with Gasteiger partial charge in [-0.1, -0.05) is 36.8 Å². The summed E-state index contributed by atoms with van der Waals surface area (Å²) in [4.78, 5) is 11.8. The molecule has 0 spiro atoms. The lowest BCUT2D eigenvalue weighted by Crippen LogP contribution is -2.46. The van der Waals surface area contributed by atoms with Crippen LogP contribution in [0, 0.1) is 6.92 Å². The predicted molar refractivity (Wildman–Crippen MR) is 80.1 cm³/mol. The highest BCUT2D eigenvalue weighted by molar-refractivity contribution is 5.78. The van der Waals surface area contributed by atoms with Gasteiger partial charge in [0.05, 0.1) is 6.54 Å². The van der Waals surface area contributed by atoms with Crippen LogP contribution in [0.2, 0.25) is 0 Å². The lowest BCUT2D eigenvalue weighted by atomic mass is 10.0. The number of carbonyl (C=O) groups is 1. The van der Waals surface area contributed by atoms with Crippen molar-refractivity contribution in [3.63, 3.8) is 0 Å². The molecule has 106 valence electrons. The Morgan fingerprint density at radius 3 is 2.63 bits per heavy atom. The van der Waals surface area contributed by atoms with Crippen molar-refractivity contribution in [1.82, 2.24) is 10.6 Å². The Balaban J connectivity index is 2.46. The van der Waals surface area contributed by atoms with Gasteiger partial charge in [-0.25, -0.2) is 0 Å². The average Bonchev–Trinajstić information content (AvgIpc) is 2.35. The van der Waals surface area contributed by atoms with Crippen LogP contribution in [0.15, 0.2) is 24.3 Å². The normalized spacial score (nSPS) is 13.1. The number of hydrogen-bond acceptors (Lipinski definition) is 2. The Hall–Kier alpha value is -1.35. The molecule has 0 aliphatic carbocycles. The second-order valence-electron chi connectivity index (χ2n) is 5.80. The van der Waals surface area contributed by atoms with Crippen molar-refractivity contribution >= 4 is 5.91 Å². The van der Waals surface area contributed by atoms with Crippen molar-refractivity contribution in [3.05, 3.63) is 35.4 Å². The fourth-order valence-electron chi connectivity index (χ4n) is 1.81. The summed E-state index contributed by atoms with van der Waals surface area (Å²) in [6.45, 7) is 10.6. The minimum Gasteiger partial charge on any atom is -0.350 e. The zero-order valence-corrected chi connectivity index (χ0v) is 12.7. The fraction of sp³-hybridized carbons (Fsp3) is 0.562. The second-order valence-corrected chi connectivity index (χ2v) is 5.80. The van der Waals surface area contributed by atoms with Crippen molar-refractivity contribution in [3.8, 4) is 0 Å². The minimum absolute atomic E-state index is 0.0475. The molecular weight excluding hydrogens is 236 g/mol. The molecule has 0 fully saturated rings. The number of amides is 1. The minimum atomic E-state index is -0.134. The molecule has 3 nitrogen and oxygen atoms in total. The zero-order valence-electron chi connectivity index (χ0n) is 12.7. The van der Waals surface area contributed by atoms with Crippen LogP contribution in [0.3, 0.4) is 0 Å². The standard InChI is InChI=1S/C16H26N2O/c1-6-16(4,5)18-15(19)11-17-13(3)14-9-7-8-12(2)10-14/h7-10,13,17H,6,11H2,1-5H3,(H,18,19)/t13-/m1/s1. The molecule has 19 heavy (non-hydrogen) atoms. The molecule has 1 amide bonds. The molecule has 0 aromatic heterocycles. The zero-order chi connectivity index (χ0) is 14.5. The van der Waals surface area contributed by atoms with E-state index in [1.54, 1.807) is 0 Å². The predicted octanol–water partition coefficient (Wildman–Crippen LogP) is 2.95. The first-order valence-corrected chi connectivity index (χ1v) is 6.95. The van der Waals surface area contributed by atoms with Crippen LogP contribution in [-0.2, 0) is 4.79 Å². The fourth-order valence-corrected chi connectivity index (χ4v) is 1.81. The van der Waals surface area contributed by atoms with E-state index < -0.39 is 0 Å². The summed E-state index contributed by atoms with van der Waals surface area (Å²) in [6.07, 6.45) is 0.923. The van der Waals surface area contributed by atoms with Gasteiger partial charge in [0.15, 0.2) is 0 Å². The average molecular weight is 262 g/mol. The van der Waals surface area contributed by atoms with Gasteiger partial charge in [-0.05, 0) is 39.7 Å². The van der Waals surface area contributed by atoms with E-state index in [1.165, 1.54) is 11.1 Å². The molecule has 0 bridgehead atoms. The Morgan fingerprint density at radius 2 is 2.05 bits per heavy atom. The highest BCUT2D eigenvalue weighted by Gasteiger charge is 2.17. The Labute approximate surface area is 116 Å². The monoisotopic (exact) mass is 262 g/mol. The quantitative estimate of drug-likeness (QED) is 0.827. The molecular formula is C16H26N2O. The van der Waals surface area contributed by atoms with Crippen LogP contribution in [-0.4, -0.2) is 18.0 Å². The molecule has 0 aliphatic heterocycles. The van der Waals surface area contributed by atoms with E-state index in [2.05, 4.69) is 49.6 Å². The second kappa shape index (κ2) is 6.71. The van der Waals surface area contributed by atoms with Crippen LogP contribution in [0.1, 0.15) is 51.3 Å². The molecule has 1 aromatic carbocycles. The summed E-state index contributed by atoms with van der Waals surface area (Å²) < 4.78 is 0. The van der Waals surface area contributed by atoms with Crippen LogP contribution in [0.4, 0.5) is 0 Å². The maximum atomic E-state index is 11.8.